The van der Waals surface area contributed by atoms with Gasteiger partial charge in [0.05, 0.1) is 6.10 Å². The lowest BCUT2D eigenvalue weighted by atomic mass is 10.1. The maximum Gasteiger partial charge on any atom is 0.0540 e. The van der Waals surface area contributed by atoms with Crippen molar-refractivity contribution < 1.29 is 5.11 Å². The van der Waals surface area contributed by atoms with Crippen LogP contribution in [-0.2, 0) is 0 Å². The van der Waals surface area contributed by atoms with Crippen LogP contribution in [0.15, 0.2) is 0 Å². The fourth-order valence-electron chi connectivity index (χ4n) is 0.524. The molecule has 0 saturated carbocycles. The van der Waals surface area contributed by atoms with E-state index in [4.69, 9.17) is 5.11 Å². The van der Waals surface area contributed by atoms with Crippen molar-refractivity contribution in [3.63, 3.8) is 0 Å². The highest BCUT2D eigenvalue weighted by Crippen LogP contribution is 2.01. The molecule has 0 aromatic carbocycles. The van der Waals surface area contributed by atoms with Crippen LogP contribution in [0.3, 0.4) is 0 Å². The average molecular weight is 114 g/mol. The monoisotopic (exact) mass is 114 g/mol. The molecule has 1 nitrogen and oxygen atoms in total. The third-order valence-electron chi connectivity index (χ3n) is 1.12. The van der Waals surface area contributed by atoms with Crippen LogP contribution in [0, 0.1) is 13.8 Å². The van der Waals surface area contributed by atoms with Gasteiger partial charge in [-0.2, -0.15) is 0 Å². The number of hydrogen-bond donors (Lipinski definition) is 1. The Kier molecular flexibility index (Phi) is 5.08. The molecular formula is C7H14O. The Bertz CT molecular complexity index is 43.7. The molecule has 0 saturated heterocycles. The van der Waals surface area contributed by atoms with E-state index in [1.165, 1.54) is 0 Å². The first-order valence-electron chi connectivity index (χ1n) is 3.07. The Morgan fingerprint density at radius 2 is 2.00 bits per heavy atom. The zero-order valence-electron chi connectivity index (χ0n) is 5.27. The van der Waals surface area contributed by atoms with E-state index in [9.17, 15) is 0 Å². The first-order valence-corrected chi connectivity index (χ1v) is 3.07. The van der Waals surface area contributed by atoms with Crippen molar-refractivity contribution in [1.82, 2.24) is 0 Å². The van der Waals surface area contributed by atoms with Gasteiger partial charge in [0, 0.05) is 0 Å². The van der Waals surface area contributed by atoms with E-state index in [1.807, 2.05) is 0 Å². The van der Waals surface area contributed by atoms with Gasteiger partial charge in [0.15, 0.2) is 0 Å². The second kappa shape index (κ2) is 5.10. The largest absolute Gasteiger partial charge is 0.393 e. The van der Waals surface area contributed by atoms with Crippen molar-refractivity contribution in [3.8, 4) is 0 Å². The second-order valence-electron chi connectivity index (χ2n) is 1.94. The molecule has 0 spiro atoms. The van der Waals surface area contributed by atoms with Gasteiger partial charge in [-0.3, -0.25) is 0 Å². The highest BCUT2D eigenvalue weighted by atomic mass is 16.3. The molecule has 1 unspecified atom stereocenters. The molecule has 0 aliphatic carbocycles. The summed E-state index contributed by atoms with van der Waals surface area (Å²) in [4.78, 5) is 0. The zero-order chi connectivity index (χ0) is 6.41. The van der Waals surface area contributed by atoms with Gasteiger partial charge in [-0.05, 0) is 12.8 Å². The van der Waals surface area contributed by atoms with Crippen molar-refractivity contribution in [3.05, 3.63) is 13.8 Å². The van der Waals surface area contributed by atoms with Gasteiger partial charge in [0.1, 0.15) is 0 Å². The van der Waals surface area contributed by atoms with Gasteiger partial charge in [-0.25, -0.2) is 0 Å². The lowest BCUT2D eigenvalue weighted by molar-refractivity contribution is 0.164. The third kappa shape index (κ3) is 4.13. The second-order valence-corrected chi connectivity index (χ2v) is 1.94. The first kappa shape index (κ1) is 7.96. The topological polar surface area (TPSA) is 20.2 Å². The molecule has 1 N–H and O–H groups in total. The van der Waals surface area contributed by atoms with Gasteiger partial charge in [0.25, 0.3) is 0 Å². The summed E-state index contributed by atoms with van der Waals surface area (Å²) < 4.78 is 0. The lowest BCUT2D eigenvalue weighted by Crippen LogP contribution is -2.02. The van der Waals surface area contributed by atoms with Crippen molar-refractivity contribution in [2.24, 2.45) is 0 Å². The number of unbranched alkanes of at least 4 members (excludes halogenated alkanes) is 1. The van der Waals surface area contributed by atoms with Crippen LogP contribution >= 0.6 is 0 Å². The summed E-state index contributed by atoms with van der Waals surface area (Å²) in [6.07, 6.45) is 3.21. The summed E-state index contributed by atoms with van der Waals surface area (Å²) in [6, 6.07) is 0. The molecule has 0 aromatic heterocycles. The van der Waals surface area contributed by atoms with Crippen LogP contribution in [-0.4, -0.2) is 11.2 Å². The van der Waals surface area contributed by atoms with Gasteiger partial charge in [-0.15, -0.1) is 0 Å². The number of aliphatic hydroxyl groups is 1. The molecule has 0 amide bonds. The molecule has 0 aromatic rings. The standard InChI is InChI=1S/C7H14O/c1-3-5-6-7(8)4-2/h7-8H,1-6H2. The quantitative estimate of drug-likeness (QED) is 0.588. The summed E-state index contributed by atoms with van der Waals surface area (Å²) in [7, 11) is 0. The number of rotatable bonds is 4. The minimum atomic E-state index is -0.197. The number of hydrogen-bond acceptors (Lipinski definition) is 1. The Morgan fingerprint density at radius 3 is 2.38 bits per heavy atom. The molecule has 48 valence electrons. The SMILES string of the molecule is [CH2]CCCC(O)C[CH2]. The maximum atomic E-state index is 8.90. The molecule has 0 bridgehead atoms. The average Bonchev–Trinajstić information content (AvgIpc) is 1.83. The normalized spacial score (nSPS) is 13.9. The van der Waals surface area contributed by atoms with Crippen LogP contribution in [0.1, 0.15) is 25.7 Å². The van der Waals surface area contributed by atoms with Gasteiger partial charge >= 0.3 is 0 Å². The summed E-state index contributed by atoms with van der Waals surface area (Å²) >= 11 is 0. The fraction of sp³-hybridized carbons (Fsp3) is 0.714. The fourth-order valence-corrected chi connectivity index (χ4v) is 0.524. The highest BCUT2D eigenvalue weighted by molar-refractivity contribution is 4.56. The minimum Gasteiger partial charge on any atom is -0.393 e. The summed E-state index contributed by atoms with van der Waals surface area (Å²) in [6.45, 7) is 7.23. The predicted molar refractivity (Wildman–Crippen MR) is 35.2 cm³/mol. The van der Waals surface area contributed by atoms with Crippen LogP contribution < -0.4 is 0 Å². The van der Waals surface area contributed by atoms with Crippen molar-refractivity contribution in [2.75, 3.05) is 0 Å². The molecule has 0 aliphatic rings. The van der Waals surface area contributed by atoms with E-state index >= 15 is 0 Å². The lowest BCUT2D eigenvalue weighted by Gasteiger charge is -2.03. The molecular weight excluding hydrogens is 100 g/mol. The van der Waals surface area contributed by atoms with E-state index in [0.717, 1.165) is 19.3 Å². The van der Waals surface area contributed by atoms with Gasteiger partial charge in [-0.1, -0.05) is 26.7 Å². The molecule has 0 heterocycles. The van der Waals surface area contributed by atoms with E-state index in [-0.39, 0.29) is 6.10 Å². The van der Waals surface area contributed by atoms with Gasteiger partial charge < -0.3 is 5.11 Å². The smallest absolute Gasteiger partial charge is 0.0540 e. The van der Waals surface area contributed by atoms with E-state index < -0.39 is 0 Å². The summed E-state index contributed by atoms with van der Waals surface area (Å²) in [5, 5.41) is 8.90. The van der Waals surface area contributed by atoms with Crippen LogP contribution in [0.4, 0.5) is 0 Å². The van der Waals surface area contributed by atoms with Crippen molar-refractivity contribution >= 4 is 0 Å². The Balaban J connectivity index is 2.86. The Hall–Kier alpha value is -0.0400. The van der Waals surface area contributed by atoms with Crippen LogP contribution in [0.25, 0.3) is 0 Å². The molecule has 0 fully saturated rings. The zero-order valence-corrected chi connectivity index (χ0v) is 5.27. The molecule has 8 heavy (non-hydrogen) atoms. The minimum absolute atomic E-state index is 0.197. The Labute approximate surface area is 51.7 Å². The van der Waals surface area contributed by atoms with Crippen molar-refractivity contribution in [1.29, 1.82) is 0 Å². The molecule has 0 rings (SSSR count). The highest BCUT2D eigenvalue weighted by Gasteiger charge is 1.96. The summed E-state index contributed by atoms with van der Waals surface area (Å²) in [5.74, 6) is 0. The van der Waals surface area contributed by atoms with E-state index in [2.05, 4.69) is 13.8 Å². The summed E-state index contributed by atoms with van der Waals surface area (Å²) in [5.41, 5.74) is 0. The predicted octanol–water partition coefficient (Wildman–Crippen LogP) is 1.58. The van der Waals surface area contributed by atoms with Crippen LogP contribution in [0.2, 0.25) is 0 Å². The first-order chi connectivity index (χ1) is 3.81. The van der Waals surface area contributed by atoms with Crippen LogP contribution in [0.5, 0.6) is 0 Å². The third-order valence-corrected chi connectivity index (χ3v) is 1.12. The molecule has 2 radical (unpaired) electrons. The van der Waals surface area contributed by atoms with E-state index in [0.29, 0.717) is 6.42 Å². The number of aliphatic hydroxyl groups excluding tert-OH is 1. The van der Waals surface area contributed by atoms with E-state index in [1.54, 1.807) is 0 Å². The van der Waals surface area contributed by atoms with Gasteiger partial charge in [0.2, 0.25) is 0 Å². The molecule has 1 heteroatoms. The van der Waals surface area contributed by atoms with Crippen molar-refractivity contribution in [2.45, 2.75) is 31.8 Å². The molecule has 0 aliphatic heterocycles. The Morgan fingerprint density at radius 1 is 1.38 bits per heavy atom. The molecule has 1 atom stereocenters. The maximum absolute atomic E-state index is 8.90.